The van der Waals surface area contributed by atoms with E-state index in [0.717, 1.165) is 37.2 Å². The molecule has 1 aromatic rings. The molecule has 0 bridgehead atoms. The molecule has 6 nitrogen and oxygen atoms in total. The lowest BCUT2D eigenvalue weighted by Gasteiger charge is -2.37. The predicted molar refractivity (Wildman–Crippen MR) is 109 cm³/mol. The Hall–Kier alpha value is -2.08. The van der Waals surface area contributed by atoms with E-state index in [0.29, 0.717) is 24.8 Å². The number of carbonyl (C=O) groups is 2. The summed E-state index contributed by atoms with van der Waals surface area (Å²) < 4.78 is 5.44. The van der Waals surface area contributed by atoms with Crippen LogP contribution in [0.3, 0.4) is 0 Å². The highest BCUT2D eigenvalue weighted by atomic mass is 16.5. The van der Waals surface area contributed by atoms with E-state index in [1.165, 1.54) is 25.9 Å². The molecular weight excluding hydrogens is 354 g/mol. The van der Waals surface area contributed by atoms with Gasteiger partial charge >= 0.3 is 0 Å². The Morgan fingerprint density at radius 1 is 1.11 bits per heavy atom. The number of hydrogen-bond donors (Lipinski definition) is 0. The number of hydrogen-bond acceptors (Lipinski definition) is 4. The summed E-state index contributed by atoms with van der Waals surface area (Å²) in [5, 5.41) is 0. The summed E-state index contributed by atoms with van der Waals surface area (Å²) in [6.45, 7) is 6.50. The quantitative estimate of drug-likeness (QED) is 0.799. The van der Waals surface area contributed by atoms with Gasteiger partial charge in [0.05, 0.1) is 18.7 Å². The van der Waals surface area contributed by atoms with Crippen molar-refractivity contribution in [1.29, 1.82) is 0 Å². The van der Waals surface area contributed by atoms with Crippen LogP contribution in [0.1, 0.15) is 37.7 Å². The van der Waals surface area contributed by atoms with Gasteiger partial charge in [0.25, 0.3) is 0 Å². The van der Waals surface area contributed by atoms with Crippen LogP contribution in [0.2, 0.25) is 0 Å². The maximum Gasteiger partial charge on any atom is 0.228 e. The fourth-order valence-corrected chi connectivity index (χ4v) is 4.93. The fourth-order valence-electron chi connectivity index (χ4n) is 4.93. The van der Waals surface area contributed by atoms with Crippen molar-refractivity contribution in [2.45, 2.75) is 45.1 Å². The van der Waals surface area contributed by atoms with Crippen LogP contribution in [-0.4, -0.2) is 67.5 Å². The Balaban J connectivity index is 1.39. The van der Waals surface area contributed by atoms with E-state index in [1.807, 2.05) is 30.0 Å². The molecule has 3 aliphatic heterocycles. The second-order valence-electron chi connectivity index (χ2n) is 8.38. The van der Waals surface area contributed by atoms with Crippen LogP contribution in [0, 0.1) is 12.8 Å². The third-order valence-electron chi connectivity index (χ3n) is 6.53. The molecule has 3 fully saturated rings. The Morgan fingerprint density at radius 2 is 1.82 bits per heavy atom. The van der Waals surface area contributed by atoms with Gasteiger partial charge in [0.15, 0.2) is 0 Å². The maximum absolute atomic E-state index is 13.1. The van der Waals surface area contributed by atoms with Gasteiger partial charge in [0, 0.05) is 32.1 Å². The smallest absolute Gasteiger partial charge is 0.228 e. The molecule has 0 aromatic heterocycles. The van der Waals surface area contributed by atoms with Crippen molar-refractivity contribution in [2.75, 3.05) is 44.7 Å². The lowest BCUT2D eigenvalue weighted by Crippen LogP contribution is -2.47. The van der Waals surface area contributed by atoms with Crippen LogP contribution >= 0.6 is 0 Å². The molecule has 3 aliphatic rings. The van der Waals surface area contributed by atoms with E-state index in [9.17, 15) is 9.59 Å². The first-order valence-corrected chi connectivity index (χ1v) is 10.5. The third-order valence-corrected chi connectivity index (χ3v) is 6.53. The molecule has 0 N–H and O–H groups in total. The zero-order valence-corrected chi connectivity index (χ0v) is 17.0. The number of aryl methyl sites for hydroxylation is 1. The van der Waals surface area contributed by atoms with Crippen molar-refractivity contribution in [2.24, 2.45) is 5.92 Å². The molecule has 28 heavy (non-hydrogen) atoms. The van der Waals surface area contributed by atoms with E-state index in [2.05, 4.69) is 4.90 Å². The Bertz CT molecular complexity index is 737. The summed E-state index contributed by atoms with van der Waals surface area (Å²) >= 11 is 0. The van der Waals surface area contributed by atoms with Crippen LogP contribution < -0.4 is 9.64 Å². The largest absolute Gasteiger partial charge is 0.495 e. The molecule has 0 saturated carbocycles. The summed E-state index contributed by atoms with van der Waals surface area (Å²) in [5.41, 5.74) is 1.85. The molecule has 6 heteroatoms. The van der Waals surface area contributed by atoms with Gasteiger partial charge in [-0.05, 0) is 63.4 Å². The van der Waals surface area contributed by atoms with Crippen molar-refractivity contribution in [3.8, 4) is 5.75 Å². The summed E-state index contributed by atoms with van der Waals surface area (Å²) in [5.74, 6) is 0.580. The number of piperidine rings is 1. The van der Waals surface area contributed by atoms with Gasteiger partial charge in [-0.3, -0.25) is 9.59 Å². The highest BCUT2D eigenvalue weighted by Gasteiger charge is 2.39. The minimum Gasteiger partial charge on any atom is -0.495 e. The van der Waals surface area contributed by atoms with Crippen LogP contribution in [0.15, 0.2) is 18.2 Å². The first-order chi connectivity index (χ1) is 13.6. The minimum atomic E-state index is -0.249. The van der Waals surface area contributed by atoms with Crippen LogP contribution in [0.5, 0.6) is 5.75 Å². The van der Waals surface area contributed by atoms with Crippen molar-refractivity contribution in [1.82, 2.24) is 9.80 Å². The monoisotopic (exact) mass is 385 g/mol. The normalized spacial score (nSPS) is 24.2. The molecule has 3 heterocycles. The Labute approximate surface area is 167 Å². The number of likely N-dealkylation sites (tertiary alicyclic amines) is 2. The lowest BCUT2D eigenvalue weighted by atomic mass is 10.0. The third kappa shape index (κ3) is 3.75. The Kier molecular flexibility index (Phi) is 5.58. The molecule has 4 rings (SSSR count). The Morgan fingerprint density at radius 3 is 2.50 bits per heavy atom. The predicted octanol–water partition coefficient (Wildman–Crippen LogP) is 2.44. The van der Waals surface area contributed by atoms with E-state index in [-0.39, 0.29) is 17.7 Å². The van der Waals surface area contributed by atoms with Crippen LogP contribution in [-0.2, 0) is 9.59 Å². The van der Waals surface area contributed by atoms with Crippen LogP contribution in [0.4, 0.5) is 5.69 Å². The molecule has 3 saturated heterocycles. The van der Waals surface area contributed by atoms with Gasteiger partial charge in [0.1, 0.15) is 5.75 Å². The molecule has 1 atom stereocenters. The lowest BCUT2D eigenvalue weighted by molar-refractivity contribution is -0.137. The number of ether oxygens (including phenoxy) is 1. The SMILES string of the molecule is COc1ccc(C)cc1N1C[C@@H](C(=O)N2CCC(N3CCCC3)CC2)CC1=O. The second-order valence-corrected chi connectivity index (χ2v) is 8.38. The highest BCUT2D eigenvalue weighted by molar-refractivity contribution is 6.01. The highest BCUT2D eigenvalue weighted by Crippen LogP contribution is 2.34. The van der Waals surface area contributed by atoms with Crippen molar-refractivity contribution in [3.63, 3.8) is 0 Å². The van der Waals surface area contributed by atoms with Gasteiger partial charge in [-0.15, -0.1) is 0 Å². The van der Waals surface area contributed by atoms with Gasteiger partial charge in [-0.25, -0.2) is 0 Å². The van der Waals surface area contributed by atoms with Crippen molar-refractivity contribution in [3.05, 3.63) is 23.8 Å². The number of methoxy groups -OCH3 is 1. The molecule has 0 radical (unpaired) electrons. The molecule has 2 amide bonds. The fraction of sp³-hybridized carbons (Fsp3) is 0.636. The number of benzene rings is 1. The number of carbonyl (C=O) groups excluding carboxylic acids is 2. The van der Waals surface area contributed by atoms with Gasteiger partial charge in [-0.1, -0.05) is 6.07 Å². The van der Waals surface area contributed by atoms with E-state index in [4.69, 9.17) is 4.74 Å². The van der Waals surface area contributed by atoms with Crippen molar-refractivity contribution >= 4 is 17.5 Å². The molecule has 0 unspecified atom stereocenters. The number of anilines is 1. The number of rotatable bonds is 4. The first-order valence-electron chi connectivity index (χ1n) is 10.5. The average Bonchev–Trinajstić information content (AvgIpc) is 3.37. The number of amides is 2. The topological polar surface area (TPSA) is 53.1 Å². The van der Waals surface area contributed by atoms with E-state index >= 15 is 0 Å². The first kappa shape index (κ1) is 19.2. The number of nitrogens with zero attached hydrogens (tertiary/aromatic N) is 3. The molecule has 152 valence electrons. The molecule has 0 spiro atoms. The van der Waals surface area contributed by atoms with Gasteiger partial charge in [0.2, 0.25) is 11.8 Å². The standard InChI is InChI=1S/C22H31N3O3/c1-16-5-6-20(28-2)19(13-16)25-15-17(14-21(25)26)22(27)24-11-7-18(8-12-24)23-9-3-4-10-23/h5-6,13,17-18H,3-4,7-12,14-15H2,1-2H3/t17-/m0/s1. The molecular formula is C22H31N3O3. The summed E-state index contributed by atoms with van der Waals surface area (Å²) in [6.07, 6.45) is 5.02. The summed E-state index contributed by atoms with van der Waals surface area (Å²) in [7, 11) is 1.61. The maximum atomic E-state index is 13.1. The zero-order valence-electron chi connectivity index (χ0n) is 17.0. The molecule has 0 aliphatic carbocycles. The average molecular weight is 386 g/mol. The molecule has 1 aromatic carbocycles. The summed E-state index contributed by atoms with van der Waals surface area (Å²) in [6, 6.07) is 6.45. The summed E-state index contributed by atoms with van der Waals surface area (Å²) in [4.78, 5) is 32.1. The van der Waals surface area contributed by atoms with E-state index < -0.39 is 0 Å². The van der Waals surface area contributed by atoms with Gasteiger partial charge in [-0.2, -0.15) is 0 Å². The van der Waals surface area contributed by atoms with Crippen LogP contribution in [0.25, 0.3) is 0 Å². The van der Waals surface area contributed by atoms with E-state index in [1.54, 1.807) is 12.0 Å². The zero-order chi connectivity index (χ0) is 19.7. The van der Waals surface area contributed by atoms with Crippen molar-refractivity contribution < 1.29 is 14.3 Å². The van der Waals surface area contributed by atoms with Gasteiger partial charge < -0.3 is 19.4 Å². The second kappa shape index (κ2) is 8.11. The minimum absolute atomic E-state index is 0.00852.